The number of hydrogen-bond acceptors (Lipinski definition) is 5. The molecule has 24 heavy (non-hydrogen) atoms. The van der Waals surface area contributed by atoms with Gasteiger partial charge in [-0.25, -0.2) is 4.79 Å². The second kappa shape index (κ2) is 9.00. The molecule has 1 aromatic carbocycles. The van der Waals surface area contributed by atoms with Crippen LogP contribution in [-0.4, -0.2) is 49.0 Å². The van der Waals surface area contributed by atoms with E-state index in [2.05, 4.69) is 22.6 Å². The first kappa shape index (κ1) is 18.7. The Balaban J connectivity index is 1.77. The molecule has 0 aliphatic carbocycles. The van der Waals surface area contributed by atoms with Crippen molar-refractivity contribution in [3.8, 4) is 0 Å². The van der Waals surface area contributed by atoms with Gasteiger partial charge >= 0.3 is 11.9 Å². The third-order valence-electron chi connectivity index (χ3n) is 3.85. The van der Waals surface area contributed by atoms with Gasteiger partial charge in [0.15, 0.2) is 6.61 Å². The first-order chi connectivity index (χ1) is 11.5. The first-order valence-corrected chi connectivity index (χ1v) is 8.96. The molecule has 0 radical (unpaired) electrons. The second-order valence-corrected chi connectivity index (χ2v) is 6.74. The number of piperidine rings is 1. The monoisotopic (exact) mass is 445 g/mol. The molecule has 1 aliphatic rings. The molecule has 130 valence electrons. The molecule has 1 aliphatic heterocycles. The lowest BCUT2D eigenvalue weighted by Gasteiger charge is -2.30. The highest BCUT2D eigenvalue weighted by Gasteiger charge is 2.28. The molecule has 0 unspecified atom stereocenters. The van der Waals surface area contributed by atoms with Gasteiger partial charge in [-0.1, -0.05) is 6.07 Å². The van der Waals surface area contributed by atoms with Gasteiger partial charge in [-0.3, -0.25) is 9.59 Å². The van der Waals surface area contributed by atoms with E-state index in [1.807, 2.05) is 6.07 Å². The highest BCUT2D eigenvalue weighted by atomic mass is 127. The summed E-state index contributed by atoms with van der Waals surface area (Å²) in [6.45, 7) is 2.81. The summed E-state index contributed by atoms with van der Waals surface area (Å²) in [6, 6.07) is 6.99. The normalized spacial score (nSPS) is 15.0. The van der Waals surface area contributed by atoms with Crippen molar-refractivity contribution in [3.05, 3.63) is 33.4 Å². The van der Waals surface area contributed by atoms with E-state index in [1.165, 1.54) is 0 Å². The van der Waals surface area contributed by atoms with Gasteiger partial charge in [0.05, 0.1) is 18.1 Å². The number of esters is 2. The maximum absolute atomic E-state index is 12.1. The molecule has 1 fully saturated rings. The van der Waals surface area contributed by atoms with E-state index in [1.54, 1.807) is 30.0 Å². The van der Waals surface area contributed by atoms with Crippen LogP contribution in [0.15, 0.2) is 24.3 Å². The van der Waals surface area contributed by atoms with Gasteiger partial charge in [0.1, 0.15) is 0 Å². The summed E-state index contributed by atoms with van der Waals surface area (Å²) in [7, 11) is 0. The largest absolute Gasteiger partial charge is 0.466 e. The number of carbonyl (C=O) groups is 3. The number of benzene rings is 1. The fourth-order valence-corrected chi connectivity index (χ4v) is 3.09. The van der Waals surface area contributed by atoms with Gasteiger partial charge < -0.3 is 14.4 Å². The van der Waals surface area contributed by atoms with Gasteiger partial charge in [-0.15, -0.1) is 0 Å². The number of carbonyl (C=O) groups excluding carboxylic acids is 3. The minimum absolute atomic E-state index is 0.150. The average Bonchev–Trinajstić information content (AvgIpc) is 2.59. The molecular weight excluding hydrogens is 425 g/mol. The predicted octanol–water partition coefficient (Wildman–Crippen LogP) is 2.25. The Morgan fingerprint density at radius 2 is 1.92 bits per heavy atom. The minimum Gasteiger partial charge on any atom is -0.466 e. The van der Waals surface area contributed by atoms with E-state index in [0.717, 1.165) is 3.57 Å². The molecule has 1 saturated heterocycles. The van der Waals surface area contributed by atoms with Crippen LogP contribution in [0.1, 0.15) is 30.1 Å². The van der Waals surface area contributed by atoms with Crippen molar-refractivity contribution in [2.75, 3.05) is 26.3 Å². The number of ether oxygens (including phenoxy) is 2. The fourth-order valence-electron chi connectivity index (χ4n) is 2.54. The van der Waals surface area contributed by atoms with Gasteiger partial charge in [0.2, 0.25) is 0 Å². The van der Waals surface area contributed by atoms with Crippen molar-refractivity contribution in [1.82, 2.24) is 4.90 Å². The van der Waals surface area contributed by atoms with Crippen molar-refractivity contribution < 1.29 is 23.9 Å². The second-order valence-electron chi connectivity index (χ2n) is 5.49. The summed E-state index contributed by atoms with van der Waals surface area (Å²) >= 11 is 2.11. The maximum atomic E-state index is 12.1. The van der Waals surface area contributed by atoms with E-state index in [4.69, 9.17) is 9.47 Å². The van der Waals surface area contributed by atoms with Crippen LogP contribution in [0, 0.1) is 9.49 Å². The molecule has 1 amide bonds. The first-order valence-electron chi connectivity index (χ1n) is 7.88. The number of rotatable bonds is 5. The maximum Gasteiger partial charge on any atom is 0.338 e. The van der Waals surface area contributed by atoms with Crippen molar-refractivity contribution in [1.29, 1.82) is 0 Å². The quantitative estimate of drug-likeness (QED) is 0.514. The zero-order valence-electron chi connectivity index (χ0n) is 13.5. The van der Waals surface area contributed by atoms with Crippen molar-refractivity contribution >= 4 is 40.4 Å². The molecule has 2 rings (SSSR count). The summed E-state index contributed by atoms with van der Waals surface area (Å²) in [5.74, 6) is -1.10. The number of hydrogen-bond donors (Lipinski definition) is 0. The van der Waals surface area contributed by atoms with E-state index < -0.39 is 5.97 Å². The molecule has 7 heteroatoms. The minimum atomic E-state index is -0.511. The lowest BCUT2D eigenvalue weighted by atomic mass is 9.97. The summed E-state index contributed by atoms with van der Waals surface area (Å²) in [5.41, 5.74) is 0.427. The van der Waals surface area contributed by atoms with Crippen LogP contribution in [0.2, 0.25) is 0 Å². The molecule has 0 N–H and O–H groups in total. The Kier molecular flexibility index (Phi) is 7.01. The van der Waals surface area contributed by atoms with Gasteiger partial charge in [0, 0.05) is 16.7 Å². The highest BCUT2D eigenvalue weighted by molar-refractivity contribution is 14.1. The number of halogens is 1. The average molecular weight is 445 g/mol. The Labute approximate surface area is 154 Å². The molecule has 1 aromatic rings. The van der Waals surface area contributed by atoms with Crippen LogP contribution in [0.3, 0.4) is 0 Å². The summed E-state index contributed by atoms with van der Waals surface area (Å²) in [5, 5.41) is 0. The van der Waals surface area contributed by atoms with Crippen molar-refractivity contribution in [2.45, 2.75) is 19.8 Å². The van der Waals surface area contributed by atoms with E-state index in [-0.39, 0.29) is 24.4 Å². The predicted molar refractivity (Wildman–Crippen MR) is 95.4 cm³/mol. The highest BCUT2D eigenvalue weighted by Crippen LogP contribution is 2.19. The van der Waals surface area contributed by atoms with Crippen LogP contribution in [-0.2, 0) is 19.1 Å². The van der Waals surface area contributed by atoms with Crippen molar-refractivity contribution in [2.24, 2.45) is 5.92 Å². The Morgan fingerprint density at radius 3 is 2.54 bits per heavy atom. The molecule has 0 saturated carbocycles. The van der Waals surface area contributed by atoms with Crippen molar-refractivity contribution in [3.63, 3.8) is 0 Å². The summed E-state index contributed by atoms with van der Waals surface area (Å²) < 4.78 is 11.0. The topological polar surface area (TPSA) is 72.9 Å². The Bertz CT molecular complexity index is 611. The molecular formula is C17H20INO5. The number of amides is 1. The van der Waals surface area contributed by atoms with Gasteiger partial charge in [-0.2, -0.15) is 0 Å². The molecule has 6 nitrogen and oxygen atoms in total. The smallest absolute Gasteiger partial charge is 0.338 e. The molecule has 0 spiro atoms. The van der Waals surface area contributed by atoms with Crippen LogP contribution >= 0.6 is 22.6 Å². The SMILES string of the molecule is CCOC(=O)C1CCN(C(=O)COC(=O)c2cccc(I)c2)CC1. The third-order valence-corrected chi connectivity index (χ3v) is 4.53. The fraction of sp³-hybridized carbons (Fsp3) is 0.471. The van der Waals surface area contributed by atoms with Crippen LogP contribution < -0.4 is 0 Å². The standard InChI is InChI=1S/C17H20INO5/c1-2-23-16(21)12-6-8-19(9-7-12)15(20)11-24-17(22)13-4-3-5-14(18)10-13/h3-5,10,12H,2,6-9,11H2,1H3. The van der Waals surface area contributed by atoms with E-state index >= 15 is 0 Å². The molecule has 0 aromatic heterocycles. The zero-order chi connectivity index (χ0) is 17.5. The zero-order valence-corrected chi connectivity index (χ0v) is 15.7. The lowest BCUT2D eigenvalue weighted by Crippen LogP contribution is -2.42. The molecule has 1 heterocycles. The van der Waals surface area contributed by atoms with Crippen LogP contribution in [0.25, 0.3) is 0 Å². The number of likely N-dealkylation sites (tertiary alicyclic amines) is 1. The molecule has 0 bridgehead atoms. The lowest BCUT2D eigenvalue weighted by molar-refractivity contribution is -0.151. The van der Waals surface area contributed by atoms with Gasteiger partial charge in [-0.05, 0) is 60.6 Å². The third kappa shape index (κ3) is 5.19. The summed E-state index contributed by atoms with van der Waals surface area (Å²) in [4.78, 5) is 37.4. The summed E-state index contributed by atoms with van der Waals surface area (Å²) in [6.07, 6.45) is 1.16. The Morgan fingerprint density at radius 1 is 1.21 bits per heavy atom. The van der Waals surface area contributed by atoms with Gasteiger partial charge in [0.25, 0.3) is 5.91 Å². The Hall–Kier alpha value is -1.64. The molecule has 0 atom stereocenters. The van der Waals surface area contributed by atoms with E-state index in [0.29, 0.717) is 38.1 Å². The van der Waals surface area contributed by atoms with Crippen LogP contribution in [0.4, 0.5) is 0 Å². The van der Waals surface area contributed by atoms with Crippen LogP contribution in [0.5, 0.6) is 0 Å². The van der Waals surface area contributed by atoms with E-state index in [9.17, 15) is 14.4 Å². The number of nitrogens with zero attached hydrogens (tertiary/aromatic N) is 1.